The van der Waals surface area contributed by atoms with Crippen LogP contribution in [0.1, 0.15) is 38.2 Å². The maximum absolute atomic E-state index is 11.5. The lowest BCUT2D eigenvalue weighted by Crippen LogP contribution is -2.31. The van der Waals surface area contributed by atoms with Crippen LogP contribution in [-0.2, 0) is 22.5 Å². The van der Waals surface area contributed by atoms with Crippen molar-refractivity contribution in [3.05, 3.63) is 17.6 Å². The molecule has 1 saturated carbocycles. The van der Waals surface area contributed by atoms with Crippen LogP contribution >= 0.6 is 0 Å². The number of amides is 1. The third-order valence-corrected chi connectivity index (χ3v) is 4.67. The first-order valence-corrected chi connectivity index (χ1v) is 9.43. The number of nitrogens with one attached hydrogen (secondary N) is 1. The molecule has 1 aliphatic carbocycles. The number of nitrogen functional groups attached to an aromatic ring is 1. The van der Waals surface area contributed by atoms with Crippen molar-refractivity contribution in [1.82, 2.24) is 19.9 Å². The smallest absolute Gasteiger partial charge is 0.222 e. The van der Waals surface area contributed by atoms with Crippen LogP contribution in [-0.4, -0.2) is 40.2 Å². The monoisotopic (exact) mass is 359 g/mol. The fourth-order valence-corrected chi connectivity index (χ4v) is 3.02. The molecule has 0 saturated heterocycles. The Balaban J connectivity index is 1.61. The van der Waals surface area contributed by atoms with Gasteiger partial charge in [0.05, 0.1) is 18.7 Å². The van der Waals surface area contributed by atoms with Crippen LogP contribution in [0.25, 0.3) is 11.0 Å². The van der Waals surface area contributed by atoms with E-state index in [9.17, 15) is 4.79 Å². The molecule has 3 N–H and O–H groups in total. The van der Waals surface area contributed by atoms with Crippen molar-refractivity contribution in [2.75, 3.05) is 25.5 Å². The summed E-state index contributed by atoms with van der Waals surface area (Å²) in [6.45, 7) is 8.04. The van der Waals surface area contributed by atoms with Crippen molar-refractivity contribution in [3.8, 4) is 0 Å². The molecule has 2 heterocycles. The number of ether oxygens (including phenoxy) is 1. The Morgan fingerprint density at radius 1 is 1.38 bits per heavy atom. The number of nitrogens with zero attached hydrogens (tertiary/aromatic N) is 3. The zero-order valence-corrected chi connectivity index (χ0v) is 15.9. The number of hydrogen-bond acceptors (Lipinski definition) is 5. The molecule has 7 nitrogen and oxygen atoms in total. The molecular formula is C19H29N5O2. The van der Waals surface area contributed by atoms with E-state index in [4.69, 9.17) is 15.5 Å². The summed E-state index contributed by atoms with van der Waals surface area (Å²) in [6, 6.07) is 2.04. The Labute approximate surface area is 154 Å². The molecule has 142 valence electrons. The van der Waals surface area contributed by atoms with E-state index in [1.165, 1.54) is 12.8 Å². The highest BCUT2D eigenvalue weighted by atomic mass is 16.5. The number of fused-ring (bicyclic) bond motifs is 1. The average molecular weight is 359 g/mol. The summed E-state index contributed by atoms with van der Waals surface area (Å²) < 4.78 is 7.93. The number of aryl methyl sites for hydroxylation is 1. The van der Waals surface area contributed by atoms with Crippen LogP contribution in [0.15, 0.2) is 6.07 Å². The Hall–Kier alpha value is -2.15. The van der Waals surface area contributed by atoms with E-state index in [-0.39, 0.29) is 11.8 Å². The number of nitrogens with two attached hydrogens (primary N) is 1. The Morgan fingerprint density at radius 2 is 2.15 bits per heavy atom. The van der Waals surface area contributed by atoms with Gasteiger partial charge in [-0.15, -0.1) is 0 Å². The van der Waals surface area contributed by atoms with Gasteiger partial charge in [0.2, 0.25) is 5.91 Å². The minimum Gasteiger partial charge on any atom is -0.382 e. The maximum Gasteiger partial charge on any atom is 0.222 e. The van der Waals surface area contributed by atoms with E-state index < -0.39 is 0 Å². The third kappa shape index (κ3) is 4.52. The van der Waals surface area contributed by atoms with Gasteiger partial charge in [-0.2, -0.15) is 0 Å². The second kappa shape index (κ2) is 8.03. The topological polar surface area (TPSA) is 95.1 Å². The number of imidazole rings is 1. The molecule has 2 aromatic rings. The number of aromatic nitrogens is 3. The van der Waals surface area contributed by atoms with Crippen LogP contribution in [0, 0.1) is 18.8 Å². The average Bonchev–Trinajstić information content (AvgIpc) is 3.33. The van der Waals surface area contributed by atoms with Crippen molar-refractivity contribution in [2.45, 2.75) is 46.6 Å². The molecule has 0 aliphatic heterocycles. The van der Waals surface area contributed by atoms with Crippen molar-refractivity contribution < 1.29 is 9.53 Å². The molecule has 1 fully saturated rings. The number of anilines is 1. The largest absolute Gasteiger partial charge is 0.382 e. The summed E-state index contributed by atoms with van der Waals surface area (Å²) >= 11 is 0. The van der Waals surface area contributed by atoms with Crippen LogP contribution in [0.5, 0.6) is 0 Å². The summed E-state index contributed by atoms with van der Waals surface area (Å²) in [7, 11) is 0. The van der Waals surface area contributed by atoms with Gasteiger partial charge in [0, 0.05) is 31.1 Å². The molecule has 0 bridgehead atoms. The Kier molecular flexibility index (Phi) is 5.76. The fourth-order valence-electron chi connectivity index (χ4n) is 3.02. The lowest BCUT2D eigenvalue weighted by Gasteiger charge is -2.11. The summed E-state index contributed by atoms with van der Waals surface area (Å²) in [5.41, 5.74) is 8.79. The first-order chi connectivity index (χ1) is 12.5. The predicted octanol–water partition coefficient (Wildman–Crippen LogP) is 2.06. The van der Waals surface area contributed by atoms with Gasteiger partial charge in [-0.3, -0.25) is 4.79 Å². The van der Waals surface area contributed by atoms with Crippen LogP contribution in [0.4, 0.5) is 5.82 Å². The van der Waals surface area contributed by atoms with Gasteiger partial charge < -0.3 is 20.4 Å². The molecule has 0 spiro atoms. The molecule has 0 aromatic carbocycles. The standard InChI is InChI=1S/C19H29N5O2/c1-12(2)19(25)21-6-8-26-9-7-24-15-10-13(3)22-18(20)17(15)23-16(24)11-14-4-5-14/h10,12,14H,4-9,11H2,1-3H3,(H2,20,22)(H,21,25). The SMILES string of the molecule is Cc1cc2c(nc(CC3CC3)n2CCOCCNC(=O)C(C)C)c(N)n1. The highest BCUT2D eigenvalue weighted by Crippen LogP contribution is 2.33. The quantitative estimate of drug-likeness (QED) is 0.668. The van der Waals surface area contributed by atoms with E-state index in [0.717, 1.165) is 41.4 Å². The zero-order chi connectivity index (χ0) is 18.7. The number of rotatable bonds is 9. The van der Waals surface area contributed by atoms with E-state index in [1.54, 1.807) is 0 Å². The second-order valence-electron chi connectivity index (χ2n) is 7.40. The molecule has 0 atom stereocenters. The minimum absolute atomic E-state index is 0.000368. The minimum atomic E-state index is -0.000368. The Morgan fingerprint density at radius 3 is 2.85 bits per heavy atom. The number of carbonyl (C=O) groups is 1. The molecule has 7 heteroatoms. The molecule has 0 unspecified atom stereocenters. The first-order valence-electron chi connectivity index (χ1n) is 9.43. The third-order valence-electron chi connectivity index (χ3n) is 4.67. The zero-order valence-electron chi connectivity index (χ0n) is 15.9. The fraction of sp³-hybridized carbons (Fsp3) is 0.632. The highest BCUT2D eigenvalue weighted by molar-refractivity contribution is 5.85. The van der Waals surface area contributed by atoms with Gasteiger partial charge in [-0.1, -0.05) is 13.8 Å². The molecule has 2 aromatic heterocycles. The van der Waals surface area contributed by atoms with Crippen molar-refractivity contribution >= 4 is 22.8 Å². The van der Waals surface area contributed by atoms with E-state index in [1.807, 2.05) is 26.8 Å². The highest BCUT2D eigenvalue weighted by Gasteiger charge is 2.25. The van der Waals surface area contributed by atoms with Gasteiger partial charge >= 0.3 is 0 Å². The summed E-state index contributed by atoms with van der Waals surface area (Å²) in [5.74, 6) is 2.36. The van der Waals surface area contributed by atoms with Gasteiger partial charge in [0.15, 0.2) is 5.82 Å². The lowest BCUT2D eigenvalue weighted by molar-refractivity contribution is -0.124. The molecular weight excluding hydrogens is 330 g/mol. The van der Waals surface area contributed by atoms with Gasteiger partial charge in [-0.05, 0) is 31.7 Å². The molecule has 26 heavy (non-hydrogen) atoms. The molecule has 1 aliphatic rings. The number of carbonyl (C=O) groups excluding carboxylic acids is 1. The number of hydrogen-bond donors (Lipinski definition) is 2. The van der Waals surface area contributed by atoms with Crippen LogP contribution in [0.2, 0.25) is 0 Å². The molecule has 0 radical (unpaired) electrons. The maximum atomic E-state index is 11.5. The van der Waals surface area contributed by atoms with Crippen molar-refractivity contribution in [2.24, 2.45) is 11.8 Å². The van der Waals surface area contributed by atoms with Gasteiger partial charge in [0.25, 0.3) is 0 Å². The van der Waals surface area contributed by atoms with E-state index in [2.05, 4.69) is 14.9 Å². The summed E-state index contributed by atoms with van der Waals surface area (Å²) in [5, 5.41) is 2.86. The lowest BCUT2D eigenvalue weighted by atomic mass is 10.2. The number of pyridine rings is 1. The summed E-state index contributed by atoms with van der Waals surface area (Å²) in [6.07, 6.45) is 3.54. The van der Waals surface area contributed by atoms with Crippen molar-refractivity contribution in [3.63, 3.8) is 0 Å². The van der Waals surface area contributed by atoms with E-state index >= 15 is 0 Å². The molecule has 3 rings (SSSR count). The van der Waals surface area contributed by atoms with Crippen molar-refractivity contribution in [1.29, 1.82) is 0 Å². The molecule has 1 amide bonds. The second-order valence-corrected chi connectivity index (χ2v) is 7.40. The normalized spacial score (nSPS) is 14.3. The van der Waals surface area contributed by atoms with Gasteiger partial charge in [0.1, 0.15) is 11.3 Å². The van der Waals surface area contributed by atoms with Crippen LogP contribution in [0.3, 0.4) is 0 Å². The summed E-state index contributed by atoms with van der Waals surface area (Å²) in [4.78, 5) is 20.6. The van der Waals surface area contributed by atoms with Gasteiger partial charge in [-0.25, -0.2) is 9.97 Å². The van der Waals surface area contributed by atoms with E-state index in [0.29, 0.717) is 25.6 Å². The predicted molar refractivity (Wildman–Crippen MR) is 102 cm³/mol. The Bertz CT molecular complexity index is 780. The van der Waals surface area contributed by atoms with Crippen LogP contribution < -0.4 is 11.1 Å². The first kappa shape index (κ1) is 18.6.